The van der Waals surface area contributed by atoms with E-state index in [1.807, 2.05) is 19.9 Å². The van der Waals surface area contributed by atoms with Crippen LogP contribution in [0.2, 0.25) is 0 Å². The van der Waals surface area contributed by atoms with Crippen LogP contribution in [0, 0.1) is 5.41 Å². The van der Waals surface area contributed by atoms with E-state index in [0.717, 1.165) is 10.5 Å². The summed E-state index contributed by atoms with van der Waals surface area (Å²) in [5.41, 5.74) is 6.18. The second-order valence-electron chi connectivity index (χ2n) is 11.5. The van der Waals surface area contributed by atoms with Crippen molar-refractivity contribution in [2.45, 2.75) is 52.0 Å². The lowest BCUT2D eigenvalue weighted by atomic mass is 9.95. The molecule has 7 amide bonds. The summed E-state index contributed by atoms with van der Waals surface area (Å²) in [7, 11) is 0. The van der Waals surface area contributed by atoms with Crippen LogP contribution in [-0.2, 0) is 44.7 Å². The first-order valence-electron chi connectivity index (χ1n) is 15.1. The number of hydrogen-bond acceptors (Lipinski definition) is 9. The number of nitrogens with one attached hydrogen (secondary N) is 5. The van der Waals surface area contributed by atoms with E-state index in [4.69, 9.17) is 10.5 Å². The maximum Gasteiger partial charge on any atom is 0.253 e. The van der Waals surface area contributed by atoms with E-state index in [0.29, 0.717) is 32.4 Å². The highest BCUT2D eigenvalue weighted by molar-refractivity contribution is 6.12. The van der Waals surface area contributed by atoms with Crippen LogP contribution >= 0.6 is 0 Å². The normalized spacial score (nSPS) is 13.2. The average molecular weight is 644 g/mol. The molecule has 0 saturated carbocycles. The van der Waals surface area contributed by atoms with Crippen LogP contribution < -0.4 is 32.3 Å². The van der Waals surface area contributed by atoms with Gasteiger partial charge in [-0.25, -0.2) is 0 Å². The predicted octanol–water partition coefficient (Wildman–Crippen LogP) is -1.38. The molecule has 15 heteroatoms. The average Bonchev–Trinajstić information content (AvgIpc) is 3.36. The number of unbranched alkanes of at least 4 members (excludes halogenated alkanes) is 2. The van der Waals surface area contributed by atoms with Crippen molar-refractivity contribution in [3.8, 4) is 0 Å². The fourth-order valence-corrected chi connectivity index (χ4v) is 4.07. The molecule has 15 nitrogen and oxygen atoms in total. The van der Waals surface area contributed by atoms with Crippen molar-refractivity contribution in [1.29, 1.82) is 0 Å². The van der Waals surface area contributed by atoms with Crippen LogP contribution in [0.5, 0.6) is 0 Å². The lowest BCUT2D eigenvalue weighted by molar-refractivity contribution is -0.137. The lowest BCUT2D eigenvalue weighted by Crippen LogP contribution is -2.52. The Morgan fingerprint density at radius 2 is 1.41 bits per heavy atom. The first kappa shape index (κ1) is 37.6. The summed E-state index contributed by atoms with van der Waals surface area (Å²) < 4.78 is 5.41. The highest BCUT2D eigenvalue weighted by atomic mass is 16.5. The number of nitrogens with two attached hydrogens (primary N) is 1. The minimum absolute atomic E-state index is 0.0498. The molecule has 0 saturated heterocycles. The van der Waals surface area contributed by atoms with E-state index in [-0.39, 0.29) is 62.3 Å². The Hall–Kier alpha value is -4.63. The first-order valence-corrected chi connectivity index (χ1v) is 15.1. The van der Waals surface area contributed by atoms with Crippen molar-refractivity contribution in [2.75, 3.05) is 46.1 Å². The fraction of sp³-hybridized carbons (Fsp3) is 0.516. The number of carbonyl (C=O) groups is 7. The van der Waals surface area contributed by atoms with Crippen molar-refractivity contribution >= 4 is 41.4 Å². The minimum atomic E-state index is -1.03. The molecule has 1 aliphatic rings. The highest BCUT2D eigenvalue weighted by Gasteiger charge is 2.23. The zero-order valence-electron chi connectivity index (χ0n) is 26.4. The van der Waals surface area contributed by atoms with Gasteiger partial charge in [-0.2, -0.15) is 0 Å². The molecule has 0 unspecified atom stereocenters. The number of amides is 7. The molecule has 2 rings (SSSR count). The van der Waals surface area contributed by atoms with Crippen molar-refractivity contribution in [2.24, 2.45) is 11.1 Å². The summed E-state index contributed by atoms with van der Waals surface area (Å²) >= 11 is 0. The van der Waals surface area contributed by atoms with Gasteiger partial charge in [-0.3, -0.25) is 38.5 Å². The van der Waals surface area contributed by atoms with Gasteiger partial charge in [0.05, 0.1) is 26.2 Å². The van der Waals surface area contributed by atoms with Crippen LogP contribution in [0.1, 0.15) is 45.1 Å². The fourth-order valence-electron chi connectivity index (χ4n) is 4.07. The number of benzene rings is 1. The van der Waals surface area contributed by atoms with Crippen molar-refractivity contribution in [3.63, 3.8) is 0 Å². The number of ether oxygens (including phenoxy) is 1. The van der Waals surface area contributed by atoms with Gasteiger partial charge in [0.15, 0.2) is 0 Å². The van der Waals surface area contributed by atoms with Gasteiger partial charge >= 0.3 is 0 Å². The van der Waals surface area contributed by atoms with Gasteiger partial charge in [0.25, 0.3) is 11.8 Å². The number of hydrogen-bond donors (Lipinski definition) is 6. The quantitative estimate of drug-likeness (QED) is 0.0528. The van der Waals surface area contributed by atoms with E-state index in [2.05, 4.69) is 26.6 Å². The third-order valence-electron chi connectivity index (χ3n) is 6.85. The molecule has 0 aliphatic carbocycles. The summed E-state index contributed by atoms with van der Waals surface area (Å²) in [6, 6.07) is 7.94. The molecular weight excluding hydrogens is 598 g/mol. The van der Waals surface area contributed by atoms with Gasteiger partial charge in [0.1, 0.15) is 12.8 Å². The lowest BCUT2D eigenvalue weighted by Gasteiger charge is -2.22. The molecule has 1 aromatic rings. The molecule has 7 N–H and O–H groups in total. The Labute approximate surface area is 268 Å². The van der Waals surface area contributed by atoms with Gasteiger partial charge < -0.3 is 37.1 Å². The van der Waals surface area contributed by atoms with Gasteiger partial charge in [0.2, 0.25) is 29.5 Å². The monoisotopic (exact) mass is 643 g/mol. The minimum Gasteiger partial charge on any atom is -0.361 e. The summed E-state index contributed by atoms with van der Waals surface area (Å²) in [4.78, 5) is 86.1. The van der Waals surface area contributed by atoms with Crippen LogP contribution in [-0.4, -0.2) is 98.4 Å². The summed E-state index contributed by atoms with van der Waals surface area (Å²) in [6.07, 6.45) is 4.41. The maximum absolute atomic E-state index is 12.9. The third-order valence-corrected chi connectivity index (χ3v) is 6.85. The summed E-state index contributed by atoms with van der Waals surface area (Å²) in [5.74, 6) is -3.35. The van der Waals surface area contributed by atoms with Gasteiger partial charge in [-0.15, -0.1) is 0 Å². The summed E-state index contributed by atoms with van der Waals surface area (Å²) in [5, 5.41) is 12.5. The third kappa shape index (κ3) is 14.9. The van der Waals surface area contributed by atoms with Crippen LogP contribution in [0.15, 0.2) is 42.5 Å². The predicted molar refractivity (Wildman–Crippen MR) is 167 cm³/mol. The smallest absolute Gasteiger partial charge is 0.253 e. The molecular formula is C31H45N7O8. The zero-order chi connectivity index (χ0) is 34.0. The Bertz CT molecular complexity index is 1230. The molecule has 0 bridgehead atoms. The van der Waals surface area contributed by atoms with E-state index >= 15 is 0 Å². The van der Waals surface area contributed by atoms with Crippen LogP contribution in [0.3, 0.4) is 0 Å². The topological polar surface area (TPSA) is 218 Å². The Balaban J connectivity index is 1.70. The van der Waals surface area contributed by atoms with Crippen LogP contribution in [0.25, 0.3) is 0 Å². The van der Waals surface area contributed by atoms with Crippen molar-refractivity contribution in [1.82, 2.24) is 31.5 Å². The summed E-state index contributed by atoms with van der Waals surface area (Å²) in [6.45, 7) is 3.73. The number of carbonyl (C=O) groups excluding carboxylic acids is 7. The number of rotatable bonds is 21. The Kier molecular flexibility index (Phi) is 16.1. The van der Waals surface area contributed by atoms with Crippen LogP contribution in [0.4, 0.5) is 0 Å². The molecule has 1 aliphatic heterocycles. The van der Waals surface area contributed by atoms with Crippen molar-refractivity contribution < 1.29 is 38.3 Å². The molecule has 1 heterocycles. The zero-order valence-corrected chi connectivity index (χ0v) is 26.4. The molecule has 1 aromatic carbocycles. The van der Waals surface area contributed by atoms with Gasteiger partial charge in [-0.05, 0) is 24.9 Å². The largest absolute Gasteiger partial charge is 0.361 e. The number of imide groups is 1. The molecule has 1 atom stereocenters. The first-order chi connectivity index (χ1) is 21.9. The number of nitrogens with zero attached hydrogens (tertiary/aromatic N) is 1. The Morgan fingerprint density at radius 1 is 0.804 bits per heavy atom. The van der Waals surface area contributed by atoms with Gasteiger partial charge in [-0.1, -0.05) is 50.6 Å². The Morgan fingerprint density at radius 3 is 2.09 bits per heavy atom. The van der Waals surface area contributed by atoms with Gasteiger partial charge in [0, 0.05) is 37.0 Å². The molecule has 252 valence electrons. The molecule has 46 heavy (non-hydrogen) atoms. The molecule has 0 spiro atoms. The second-order valence-corrected chi connectivity index (χ2v) is 11.5. The maximum atomic E-state index is 12.9. The second kappa shape index (κ2) is 19.7. The molecule has 0 fully saturated rings. The van der Waals surface area contributed by atoms with E-state index in [1.54, 1.807) is 24.3 Å². The molecule has 0 aromatic heterocycles. The highest BCUT2D eigenvalue weighted by Crippen LogP contribution is 2.12. The molecule has 0 radical (unpaired) electrons. The SMILES string of the molecule is CC(C)(CN)COCNC(=O)CNC(=O)[C@H](Cc1ccccc1)NC(=O)CNC(=O)CNC(=O)CCCCCN1C(=O)C=CC1=O. The van der Waals surface area contributed by atoms with E-state index in [9.17, 15) is 33.6 Å². The van der Waals surface area contributed by atoms with Crippen molar-refractivity contribution in [3.05, 3.63) is 48.0 Å². The van der Waals surface area contributed by atoms with E-state index in [1.165, 1.54) is 12.2 Å². The van der Waals surface area contributed by atoms with E-state index < -0.39 is 36.2 Å². The standard InChI is InChI=1S/C31H45N7O8/c1-31(2,19-32)20-46-21-36-26(41)17-35-30(45)23(15-22-9-5-3-6-10-22)37-27(42)18-34-25(40)16-33-24(39)11-7-4-8-14-38-28(43)12-13-29(38)44/h3,5-6,9-10,12-13,23H,4,7-8,11,14-21,32H2,1-2H3,(H,33,39)(H,34,40)(H,35,45)(H,36,41)(H,37,42)/t23-/m0/s1.